The highest BCUT2D eigenvalue weighted by Crippen LogP contribution is 2.26. The van der Waals surface area contributed by atoms with E-state index in [0.29, 0.717) is 23.9 Å². The number of hydrogen-bond acceptors (Lipinski definition) is 4. The lowest BCUT2D eigenvalue weighted by Gasteiger charge is -2.08. The minimum absolute atomic E-state index is 0.340. The van der Waals surface area contributed by atoms with Crippen LogP contribution < -0.4 is 10.5 Å². The molecule has 0 aliphatic carbocycles. The molecule has 6 heteroatoms. The molecular weight excluding hydrogens is 252 g/mol. The Morgan fingerprint density at radius 2 is 2.28 bits per heavy atom. The normalized spacial score (nSPS) is 10.6. The van der Waals surface area contributed by atoms with Gasteiger partial charge in [-0.2, -0.15) is 5.10 Å². The Bertz CT molecular complexity index is 527. The molecule has 2 aromatic rings. The van der Waals surface area contributed by atoms with E-state index in [9.17, 15) is 0 Å². The standard InChI is InChI=1S/C12H15ClN4O/c1-17-12(15-8-16-17)7-18-11-3-2-9(4-5-14)6-10(11)13/h2-3,6,8H,4-5,7,14H2,1H3. The molecule has 0 saturated heterocycles. The summed E-state index contributed by atoms with van der Waals surface area (Å²) in [6.45, 7) is 0.946. The van der Waals surface area contributed by atoms with Gasteiger partial charge in [0.15, 0.2) is 5.82 Å². The van der Waals surface area contributed by atoms with Gasteiger partial charge in [0.05, 0.1) is 5.02 Å². The summed E-state index contributed by atoms with van der Waals surface area (Å²) in [5, 5.41) is 4.55. The zero-order valence-electron chi connectivity index (χ0n) is 10.1. The number of hydrogen-bond donors (Lipinski definition) is 1. The van der Waals surface area contributed by atoms with Crippen molar-refractivity contribution in [2.75, 3.05) is 6.54 Å². The fraction of sp³-hybridized carbons (Fsp3) is 0.333. The topological polar surface area (TPSA) is 66.0 Å². The van der Waals surface area contributed by atoms with Gasteiger partial charge in [-0.15, -0.1) is 0 Å². The third-order valence-corrected chi connectivity index (χ3v) is 2.89. The van der Waals surface area contributed by atoms with Crippen molar-refractivity contribution in [3.63, 3.8) is 0 Å². The number of halogens is 1. The summed E-state index contributed by atoms with van der Waals surface area (Å²) in [6, 6.07) is 5.69. The molecule has 2 rings (SSSR count). The second kappa shape index (κ2) is 5.84. The zero-order valence-corrected chi connectivity index (χ0v) is 10.9. The predicted octanol–water partition coefficient (Wildman–Crippen LogP) is 1.55. The van der Waals surface area contributed by atoms with Gasteiger partial charge < -0.3 is 10.5 Å². The largest absolute Gasteiger partial charge is 0.484 e. The number of benzene rings is 1. The summed E-state index contributed by atoms with van der Waals surface area (Å²) < 4.78 is 7.27. The number of aromatic nitrogens is 3. The molecule has 0 saturated carbocycles. The highest BCUT2D eigenvalue weighted by atomic mass is 35.5. The van der Waals surface area contributed by atoms with Crippen molar-refractivity contribution in [1.29, 1.82) is 0 Å². The van der Waals surface area contributed by atoms with Crippen LogP contribution in [-0.4, -0.2) is 21.3 Å². The van der Waals surface area contributed by atoms with Crippen LogP contribution in [0.25, 0.3) is 0 Å². The molecule has 5 nitrogen and oxygen atoms in total. The van der Waals surface area contributed by atoms with Gasteiger partial charge >= 0.3 is 0 Å². The highest BCUT2D eigenvalue weighted by molar-refractivity contribution is 6.32. The van der Waals surface area contributed by atoms with Crippen LogP contribution in [0.5, 0.6) is 5.75 Å². The van der Waals surface area contributed by atoms with E-state index < -0.39 is 0 Å². The maximum Gasteiger partial charge on any atom is 0.164 e. The predicted molar refractivity (Wildman–Crippen MR) is 69.5 cm³/mol. The van der Waals surface area contributed by atoms with E-state index >= 15 is 0 Å². The summed E-state index contributed by atoms with van der Waals surface area (Å²) in [6.07, 6.45) is 2.30. The molecule has 0 bridgehead atoms. The molecule has 0 fully saturated rings. The first kappa shape index (κ1) is 12.9. The zero-order chi connectivity index (χ0) is 13.0. The molecule has 0 atom stereocenters. The number of ether oxygens (including phenoxy) is 1. The number of nitrogens with zero attached hydrogens (tertiary/aromatic N) is 3. The number of nitrogens with two attached hydrogens (primary N) is 1. The SMILES string of the molecule is Cn1ncnc1COc1ccc(CCN)cc1Cl. The number of aryl methyl sites for hydroxylation is 1. The smallest absolute Gasteiger partial charge is 0.164 e. The number of rotatable bonds is 5. The van der Waals surface area contributed by atoms with Crippen LogP contribution in [0.3, 0.4) is 0 Å². The average molecular weight is 267 g/mol. The van der Waals surface area contributed by atoms with Gasteiger partial charge in [0.25, 0.3) is 0 Å². The van der Waals surface area contributed by atoms with E-state index in [1.807, 2.05) is 25.2 Å². The monoisotopic (exact) mass is 266 g/mol. The van der Waals surface area contributed by atoms with Gasteiger partial charge in [-0.25, -0.2) is 4.98 Å². The van der Waals surface area contributed by atoms with Crippen molar-refractivity contribution in [1.82, 2.24) is 14.8 Å². The van der Waals surface area contributed by atoms with E-state index in [0.717, 1.165) is 17.8 Å². The van der Waals surface area contributed by atoms with Gasteiger partial charge in [0.1, 0.15) is 18.7 Å². The van der Waals surface area contributed by atoms with E-state index in [-0.39, 0.29) is 0 Å². The molecule has 96 valence electrons. The third-order valence-electron chi connectivity index (χ3n) is 2.59. The lowest BCUT2D eigenvalue weighted by molar-refractivity contribution is 0.290. The molecule has 0 aliphatic heterocycles. The molecule has 1 heterocycles. The van der Waals surface area contributed by atoms with E-state index in [2.05, 4.69) is 10.1 Å². The Morgan fingerprint density at radius 3 is 2.89 bits per heavy atom. The van der Waals surface area contributed by atoms with Gasteiger partial charge in [-0.1, -0.05) is 17.7 Å². The molecule has 0 radical (unpaired) electrons. The van der Waals surface area contributed by atoms with E-state index in [4.69, 9.17) is 22.1 Å². The van der Waals surface area contributed by atoms with Crippen molar-refractivity contribution >= 4 is 11.6 Å². The average Bonchev–Trinajstić information content (AvgIpc) is 2.74. The second-order valence-corrected chi connectivity index (χ2v) is 4.30. The van der Waals surface area contributed by atoms with Gasteiger partial charge in [0.2, 0.25) is 0 Å². The Balaban J connectivity index is 2.03. The highest BCUT2D eigenvalue weighted by Gasteiger charge is 2.06. The first-order valence-electron chi connectivity index (χ1n) is 5.65. The first-order chi connectivity index (χ1) is 8.70. The molecule has 2 N–H and O–H groups in total. The van der Waals surface area contributed by atoms with Crippen LogP contribution in [0, 0.1) is 0 Å². The maximum atomic E-state index is 6.14. The van der Waals surface area contributed by atoms with Crippen LogP contribution in [0.4, 0.5) is 0 Å². The molecule has 0 unspecified atom stereocenters. The summed E-state index contributed by atoms with van der Waals surface area (Å²) >= 11 is 6.14. The Morgan fingerprint density at radius 1 is 1.44 bits per heavy atom. The van der Waals surface area contributed by atoms with Crippen molar-refractivity contribution in [2.24, 2.45) is 12.8 Å². The summed E-state index contributed by atoms with van der Waals surface area (Å²) in [5.41, 5.74) is 6.60. The molecule has 0 aliphatic rings. The first-order valence-corrected chi connectivity index (χ1v) is 6.02. The van der Waals surface area contributed by atoms with Crippen molar-refractivity contribution in [3.8, 4) is 5.75 Å². The molecule has 1 aromatic carbocycles. The van der Waals surface area contributed by atoms with E-state index in [1.165, 1.54) is 6.33 Å². The van der Waals surface area contributed by atoms with Gasteiger partial charge in [-0.3, -0.25) is 4.68 Å². The minimum Gasteiger partial charge on any atom is -0.484 e. The fourth-order valence-electron chi connectivity index (χ4n) is 1.58. The van der Waals surface area contributed by atoms with Crippen LogP contribution in [0.1, 0.15) is 11.4 Å². The molecule has 18 heavy (non-hydrogen) atoms. The minimum atomic E-state index is 0.340. The van der Waals surface area contributed by atoms with Crippen LogP contribution in [0.15, 0.2) is 24.5 Å². The quantitative estimate of drug-likeness (QED) is 0.892. The van der Waals surface area contributed by atoms with Crippen LogP contribution in [-0.2, 0) is 20.1 Å². The summed E-state index contributed by atoms with van der Waals surface area (Å²) in [7, 11) is 1.82. The van der Waals surface area contributed by atoms with Gasteiger partial charge in [-0.05, 0) is 30.7 Å². The van der Waals surface area contributed by atoms with Crippen LogP contribution >= 0.6 is 11.6 Å². The Hall–Kier alpha value is -1.59. The maximum absolute atomic E-state index is 6.14. The lowest BCUT2D eigenvalue weighted by atomic mass is 10.1. The van der Waals surface area contributed by atoms with Gasteiger partial charge in [0, 0.05) is 7.05 Å². The summed E-state index contributed by atoms with van der Waals surface area (Å²) in [5.74, 6) is 1.39. The van der Waals surface area contributed by atoms with Crippen molar-refractivity contribution in [2.45, 2.75) is 13.0 Å². The van der Waals surface area contributed by atoms with Crippen molar-refractivity contribution < 1.29 is 4.74 Å². The molecule has 0 amide bonds. The van der Waals surface area contributed by atoms with Crippen LogP contribution in [0.2, 0.25) is 5.02 Å². The summed E-state index contributed by atoms with van der Waals surface area (Å²) in [4.78, 5) is 4.07. The molecule has 0 spiro atoms. The Kier molecular flexibility index (Phi) is 4.17. The van der Waals surface area contributed by atoms with E-state index in [1.54, 1.807) is 4.68 Å². The van der Waals surface area contributed by atoms with Crippen molar-refractivity contribution in [3.05, 3.63) is 40.9 Å². The Labute approximate surface area is 111 Å². The third kappa shape index (κ3) is 3.00. The lowest BCUT2D eigenvalue weighted by Crippen LogP contribution is -2.05. The fourth-order valence-corrected chi connectivity index (χ4v) is 1.83. The second-order valence-electron chi connectivity index (χ2n) is 3.89. The molecule has 1 aromatic heterocycles. The molecular formula is C12H15ClN4O.